The Labute approximate surface area is 102 Å². The standard InChI is InChI=1S/C16H29/c1-3-5-9-14-10-8-11-15(14)16(4-2)12-6-7-13-16/h15H,3-13H2,1-2H3. The Morgan fingerprint density at radius 2 is 1.88 bits per heavy atom. The zero-order valence-electron chi connectivity index (χ0n) is 11.4. The summed E-state index contributed by atoms with van der Waals surface area (Å²) in [5.74, 6) is 2.98. The van der Waals surface area contributed by atoms with E-state index in [1.165, 1.54) is 70.6 Å². The fourth-order valence-corrected chi connectivity index (χ4v) is 4.38. The molecular formula is C16H29. The molecule has 2 fully saturated rings. The van der Waals surface area contributed by atoms with E-state index in [9.17, 15) is 0 Å². The van der Waals surface area contributed by atoms with Gasteiger partial charge < -0.3 is 0 Å². The van der Waals surface area contributed by atoms with Crippen LogP contribution < -0.4 is 0 Å². The molecule has 0 aliphatic heterocycles. The number of hydrogen-bond acceptors (Lipinski definition) is 0. The molecule has 0 N–H and O–H groups in total. The van der Waals surface area contributed by atoms with Gasteiger partial charge in [0.15, 0.2) is 0 Å². The Morgan fingerprint density at radius 3 is 2.50 bits per heavy atom. The number of rotatable bonds is 5. The van der Waals surface area contributed by atoms with Gasteiger partial charge in [-0.15, -0.1) is 0 Å². The topological polar surface area (TPSA) is 0 Å². The first kappa shape index (κ1) is 12.5. The summed E-state index contributed by atoms with van der Waals surface area (Å²) >= 11 is 0. The monoisotopic (exact) mass is 221 g/mol. The Morgan fingerprint density at radius 1 is 1.12 bits per heavy atom. The maximum atomic E-state index is 2.45. The third-order valence-electron chi connectivity index (χ3n) is 5.38. The quantitative estimate of drug-likeness (QED) is 0.573. The van der Waals surface area contributed by atoms with Crippen LogP contribution in [-0.2, 0) is 0 Å². The summed E-state index contributed by atoms with van der Waals surface area (Å²) in [6.45, 7) is 4.77. The van der Waals surface area contributed by atoms with E-state index in [4.69, 9.17) is 0 Å². The van der Waals surface area contributed by atoms with Gasteiger partial charge in [0.05, 0.1) is 0 Å². The SMILES string of the molecule is CCCC[C]1CCCC1C1(CC)CCCC1. The van der Waals surface area contributed by atoms with Crippen molar-refractivity contribution in [3.05, 3.63) is 5.92 Å². The molecule has 1 atom stereocenters. The molecule has 0 heterocycles. The van der Waals surface area contributed by atoms with Crippen molar-refractivity contribution in [1.29, 1.82) is 0 Å². The maximum absolute atomic E-state index is 2.45. The smallest absolute Gasteiger partial charge is 0.0205 e. The van der Waals surface area contributed by atoms with E-state index in [1.54, 1.807) is 0 Å². The lowest BCUT2D eigenvalue weighted by atomic mass is 9.67. The molecule has 1 unspecified atom stereocenters. The third-order valence-corrected chi connectivity index (χ3v) is 5.38. The van der Waals surface area contributed by atoms with Crippen LogP contribution in [-0.4, -0.2) is 0 Å². The summed E-state index contributed by atoms with van der Waals surface area (Å²) < 4.78 is 0. The van der Waals surface area contributed by atoms with Crippen LogP contribution in [0.25, 0.3) is 0 Å². The first-order chi connectivity index (χ1) is 7.82. The Kier molecular flexibility index (Phi) is 4.33. The minimum absolute atomic E-state index is 0.750. The Bertz CT molecular complexity index is 200. The van der Waals surface area contributed by atoms with Crippen LogP contribution in [0.5, 0.6) is 0 Å². The summed E-state index contributed by atoms with van der Waals surface area (Å²) in [7, 11) is 0. The highest BCUT2D eigenvalue weighted by atomic mass is 14.5. The second-order valence-electron chi connectivity index (χ2n) is 6.13. The van der Waals surface area contributed by atoms with E-state index in [0.717, 1.165) is 11.3 Å². The van der Waals surface area contributed by atoms with E-state index in [0.29, 0.717) is 0 Å². The average molecular weight is 221 g/mol. The van der Waals surface area contributed by atoms with Crippen molar-refractivity contribution in [3.8, 4) is 0 Å². The van der Waals surface area contributed by atoms with Crippen LogP contribution in [0.4, 0.5) is 0 Å². The van der Waals surface area contributed by atoms with Gasteiger partial charge in [0, 0.05) is 0 Å². The molecule has 2 aliphatic rings. The van der Waals surface area contributed by atoms with E-state index >= 15 is 0 Å². The predicted octanol–water partition coefficient (Wildman–Crippen LogP) is 5.52. The van der Waals surface area contributed by atoms with Gasteiger partial charge in [-0.1, -0.05) is 52.4 Å². The van der Waals surface area contributed by atoms with Gasteiger partial charge in [-0.05, 0) is 49.4 Å². The highest BCUT2D eigenvalue weighted by Crippen LogP contribution is 2.56. The molecule has 0 spiro atoms. The molecule has 0 aromatic rings. The minimum Gasteiger partial charge on any atom is -0.0654 e. The summed E-state index contributed by atoms with van der Waals surface area (Å²) in [4.78, 5) is 0. The van der Waals surface area contributed by atoms with Crippen molar-refractivity contribution < 1.29 is 0 Å². The van der Waals surface area contributed by atoms with Crippen LogP contribution in [0.1, 0.15) is 84.5 Å². The lowest BCUT2D eigenvalue weighted by Gasteiger charge is -2.38. The van der Waals surface area contributed by atoms with Gasteiger partial charge in [0.1, 0.15) is 0 Å². The molecule has 0 nitrogen and oxygen atoms in total. The second kappa shape index (κ2) is 5.56. The average Bonchev–Trinajstić information content (AvgIpc) is 2.95. The Balaban J connectivity index is 2.00. The normalized spacial score (nSPS) is 30.0. The van der Waals surface area contributed by atoms with Crippen molar-refractivity contribution in [2.75, 3.05) is 0 Å². The molecule has 2 rings (SSSR count). The molecule has 16 heavy (non-hydrogen) atoms. The van der Waals surface area contributed by atoms with Gasteiger partial charge >= 0.3 is 0 Å². The molecule has 0 heteroatoms. The molecule has 2 aliphatic carbocycles. The van der Waals surface area contributed by atoms with Crippen molar-refractivity contribution in [3.63, 3.8) is 0 Å². The van der Waals surface area contributed by atoms with Gasteiger partial charge in [-0.3, -0.25) is 0 Å². The Hall–Kier alpha value is 0. The largest absolute Gasteiger partial charge is 0.0654 e. The van der Waals surface area contributed by atoms with Crippen molar-refractivity contribution in [2.45, 2.75) is 84.5 Å². The van der Waals surface area contributed by atoms with E-state index in [-0.39, 0.29) is 0 Å². The van der Waals surface area contributed by atoms with E-state index in [1.807, 2.05) is 5.92 Å². The summed E-state index contributed by atoms with van der Waals surface area (Å²) in [5.41, 5.74) is 0.750. The molecule has 0 aromatic heterocycles. The molecule has 2 saturated carbocycles. The third kappa shape index (κ3) is 2.31. The van der Waals surface area contributed by atoms with Gasteiger partial charge in [0.25, 0.3) is 0 Å². The zero-order chi connectivity index (χ0) is 11.4. The molecule has 93 valence electrons. The van der Waals surface area contributed by atoms with E-state index < -0.39 is 0 Å². The fourth-order valence-electron chi connectivity index (χ4n) is 4.38. The number of unbranched alkanes of at least 4 members (excludes halogenated alkanes) is 1. The van der Waals surface area contributed by atoms with Crippen LogP contribution >= 0.6 is 0 Å². The maximum Gasteiger partial charge on any atom is -0.0205 e. The highest BCUT2D eigenvalue weighted by Gasteiger charge is 2.44. The van der Waals surface area contributed by atoms with Crippen LogP contribution in [0.3, 0.4) is 0 Å². The number of hydrogen-bond donors (Lipinski definition) is 0. The van der Waals surface area contributed by atoms with Crippen LogP contribution in [0.15, 0.2) is 0 Å². The minimum atomic E-state index is 0.750. The van der Waals surface area contributed by atoms with Crippen molar-refractivity contribution >= 4 is 0 Å². The molecule has 0 bridgehead atoms. The molecule has 0 saturated heterocycles. The first-order valence-corrected chi connectivity index (χ1v) is 7.67. The molecule has 0 aromatic carbocycles. The van der Waals surface area contributed by atoms with E-state index in [2.05, 4.69) is 13.8 Å². The summed E-state index contributed by atoms with van der Waals surface area (Å²) in [5, 5.41) is 0. The zero-order valence-corrected chi connectivity index (χ0v) is 11.4. The molecule has 0 amide bonds. The summed E-state index contributed by atoms with van der Waals surface area (Å²) in [6.07, 6.45) is 16.2. The second-order valence-corrected chi connectivity index (χ2v) is 6.13. The van der Waals surface area contributed by atoms with Gasteiger partial charge in [0.2, 0.25) is 0 Å². The molecule has 1 radical (unpaired) electrons. The lowest BCUT2D eigenvalue weighted by molar-refractivity contribution is 0.170. The first-order valence-electron chi connectivity index (χ1n) is 7.67. The van der Waals surface area contributed by atoms with Crippen LogP contribution in [0, 0.1) is 17.3 Å². The highest BCUT2D eigenvalue weighted by molar-refractivity contribution is 5.09. The fraction of sp³-hybridized carbons (Fsp3) is 0.938. The van der Waals surface area contributed by atoms with Crippen molar-refractivity contribution in [1.82, 2.24) is 0 Å². The lowest BCUT2D eigenvalue weighted by Crippen LogP contribution is -2.29. The van der Waals surface area contributed by atoms with Crippen LogP contribution in [0.2, 0.25) is 0 Å². The van der Waals surface area contributed by atoms with Crippen molar-refractivity contribution in [2.24, 2.45) is 11.3 Å². The molecular weight excluding hydrogens is 192 g/mol. The predicted molar refractivity (Wildman–Crippen MR) is 71.3 cm³/mol. The summed E-state index contributed by atoms with van der Waals surface area (Å²) in [6, 6.07) is 0. The van der Waals surface area contributed by atoms with Gasteiger partial charge in [-0.2, -0.15) is 0 Å². The van der Waals surface area contributed by atoms with Gasteiger partial charge in [-0.25, -0.2) is 0 Å².